The van der Waals surface area contributed by atoms with Gasteiger partial charge < -0.3 is 9.84 Å². The summed E-state index contributed by atoms with van der Waals surface area (Å²) in [5.74, 6) is 0.767. The highest BCUT2D eigenvalue weighted by Crippen LogP contribution is 2.47. The van der Waals surface area contributed by atoms with E-state index in [0.29, 0.717) is 11.7 Å². The molecule has 2 rings (SSSR count). The number of esters is 1. The van der Waals surface area contributed by atoms with Crippen molar-refractivity contribution in [3.8, 4) is 5.75 Å². The molecular weight excluding hydrogens is 343 g/mol. The van der Waals surface area contributed by atoms with Crippen molar-refractivity contribution in [3.05, 3.63) is 27.3 Å². The number of carbonyl (C=O) groups is 1. The summed E-state index contributed by atoms with van der Waals surface area (Å²) >= 11 is 2.11. The van der Waals surface area contributed by atoms with E-state index in [9.17, 15) is 9.90 Å². The van der Waals surface area contributed by atoms with E-state index in [1.807, 2.05) is 19.1 Å². The van der Waals surface area contributed by atoms with Gasteiger partial charge in [0, 0.05) is 0 Å². The molecular formula is C14H17IO3. The molecule has 0 amide bonds. The van der Waals surface area contributed by atoms with E-state index < -0.39 is 0 Å². The molecule has 4 heteroatoms. The number of hydrogen-bond donors (Lipinski definition) is 1. The van der Waals surface area contributed by atoms with Crippen LogP contribution in [-0.2, 0) is 9.53 Å². The first kappa shape index (κ1) is 13.6. The maximum atomic E-state index is 11.7. The maximum Gasteiger partial charge on any atom is 0.309 e. The Morgan fingerprint density at radius 2 is 2.17 bits per heavy atom. The minimum Gasteiger partial charge on any atom is -0.507 e. The Morgan fingerprint density at radius 1 is 1.50 bits per heavy atom. The Morgan fingerprint density at radius 3 is 2.67 bits per heavy atom. The zero-order valence-corrected chi connectivity index (χ0v) is 12.7. The lowest BCUT2D eigenvalue weighted by Gasteiger charge is -2.22. The molecule has 0 spiro atoms. The van der Waals surface area contributed by atoms with E-state index in [1.165, 1.54) is 20.0 Å². The second-order valence-electron chi connectivity index (χ2n) is 4.89. The number of halogens is 1. The summed E-state index contributed by atoms with van der Waals surface area (Å²) in [7, 11) is 1.43. The number of rotatable bonds is 4. The number of phenols is 1. The fourth-order valence-electron chi connectivity index (χ4n) is 2.49. The number of carbonyl (C=O) groups excluding carboxylic acids is 1. The van der Waals surface area contributed by atoms with Crippen LogP contribution in [0.15, 0.2) is 18.2 Å². The molecule has 18 heavy (non-hydrogen) atoms. The third kappa shape index (κ3) is 2.79. The molecule has 1 aliphatic carbocycles. The normalized spacial score (nSPS) is 18.2. The van der Waals surface area contributed by atoms with E-state index >= 15 is 0 Å². The molecule has 0 saturated heterocycles. The molecule has 0 aliphatic heterocycles. The first-order chi connectivity index (χ1) is 8.54. The van der Waals surface area contributed by atoms with Gasteiger partial charge in [-0.15, -0.1) is 0 Å². The van der Waals surface area contributed by atoms with E-state index in [1.54, 1.807) is 6.07 Å². The van der Waals surface area contributed by atoms with Gasteiger partial charge in [0.2, 0.25) is 0 Å². The van der Waals surface area contributed by atoms with Gasteiger partial charge in [-0.1, -0.05) is 13.0 Å². The van der Waals surface area contributed by atoms with Crippen LogP contribution in [0.4, 0.5) is 0 Å². The van der Waals surface area contributed by atoms with Crippen molar-refractivity contribution in [2.45, 2.75) is 25.7 Å². The molecule has 2 atom stereocenters. The van der Waals surface area contributed by atoms with Crippen molar-refractivity contribution in [1.29, 1.82) is 0 Å². The molecule has 1 saturated carbocycles. The van der Waals surface area contributed by atoms with Crippen LogP contribution < -0.4 is 0 Å². The third-order valence-electron chi connectivity index (χ3n) is 3.60. The van der Waals surface area contributed by atoms with Crippen LogP contribution in [0.2, 0.25) is 0 Å². The van der Waals surface area contributed by atoms with Crippen molar-refractivity contribution in [2.24, 2.45) is 11.8 Å². The highest BCUT2D eigenvalue weighted by Gasteiger charge is 2.39. The smallest absolute Gasteiger partial charge is 0.309 e. The molecule has 3 nitrogen and oxygen atoms in total. The predicted octanol–water partition coefficient (Wildman–Crippen LogP) is 3.30. The standard InChI is InChI=1S/C14H17IO3/c1-8(14(17)18-2)13(9-3-4-9)10-5-6-12(16)11(15)7-10/h5-9,13,16H,3-4H2,1-2H3. The minimum absolute atomic E-state index is 0.136. The Hall–Kier alpha value is -0.780. The van der Waals surface area contributed by atoms with Crippen molar-refractivity contribution >= 4 is 28.6 Å². The van der Waals surface area contributed by atoms with Crippen LogP contribution in [-0.4, -0.2) is 18.2 Å². The van der Waals surface area contributed by atoms with Crippen LogP contribution in [0.5, 0.6) is 5.75 Å². The summed E-state index contributed by atoms with van der Waals surface area (Å²) in [6.07, 6.45) is 2.34. The van der Waals surface area contributed by atoms with Gasteiger partial charge in [-0.05, 0) is 65.0 Å². The highest BCUT2D eigenvalue weighted by molar-refractivity contribution is 14.1. The summed E-state index contributed by atoms with van der Waals surface area (Å²) in [6.45, 7) is 1.93. The fourth-order valence-corrected chi connectivity index (χ4v) is 3.03. The molecule has 0 heterocycles. The molecule has 1 aliphatic rings. The molecule has 0 aromatic heterocycles. The first-order valence-electron chi connectivity index (χ1n) is 6.10. The lowest BCUT2D eigenvalue weighted by atomic mass is 9.83. The highest BCUT2D eigenvalue weighted by atomic mass is 127. The van der Waals surface area contributed by atoms with Crippen molar-refractivity contribution < 1.29 is 14.6 Å². The van der Waals surface area contributed by atoms with E-state index in [-0.39, 0.29) is 17.8 Å². The quantitative estimate of drug-likeness (QED) is 0.662. The van der Waals surface area contributed by atoms with Gasteiger partial charge in [0.15, 0.2) is 0 Å². The average Bonchev–Trinajstić information content (AvgIpc) is 3.17. The Bertz CT molecular complexity index is 454. The molecule has 0 radical (unpaired) electrons. The van der Waals surface area contributed by atoms with Crippen molar-refractivity contribution in [2.75, 3.05) is 7.11 Å². The number of methoxy groups -OCH3 is 1. The molecule has 2 unspecified atom stereocenters. The zero-order valence-electron chi connectivity index (χ0n) is 10.5. The van der Waals surface area contributed by atoms with Gasteiger partial charge in [-0.25, -0.2) is 0 Å². The maximum absolute atomic E-state index is 11.7. The SMILES string of the molecule is COC(=O)C(C)C(c1ccc(O)c(I)c1)C1CC1. The Balaban J connectivity index is 2.29. The van der Waals surface area contributed by atoms with Crippen LogP contribution >= 0.6 is 22.6 Å². The van der Waals surface area contributed by atoms with Gasteiger partial charge in [-0.2, -0.15) is 0 Å². The first-order valence-corrected chi connectivity index (χ1v) is 7.18. The number of hydrogen-bond acceptors (Lipinski definition) is 3. The van der Waals surface area contributed by atoms with Gasteiger partial charge in [-0.3, -0.25) is 4.79 Å². The topological polar surface area (TPSA) is 46.5 Å². The zero-order chi connectivity index (χ0) is 13.3. The largest absolute Gasteiger partial charge is 0.507 e. The summed E-state index contributed by atoms with van der Waals surface area (Å²) in [4.78, 5) is 11.7. The van der Waals surface area contributed by atoms with Gasteiger partial charge in [0.1, 0.15) is 5.75 Å². The summed E-state index contributed by atoms with van der Waals surface area (Å²) in [5.41, 5.74) is 1.12. The Labute approximate surface area is 121 Å². The second kappa shape index (κ2) is 5.47. The number of benzene rings is 1. The van der Waals surface area contributed by atoms with Crippen LogP contribution in [0.1, 0.15) is 31.2 Å². The van der Waals surface area contributed by atoms with E-state index in [4.69, 9.17) is 4.74 Å². The predicted molar refractivity (Wildman–Crippen MR) is 77.5 cm³/mol. The summed E-state index contributed by atoms with van der Waals surface area (Å²) in [6, 6.07) is 5.59. The van der Waals surface area contributed by atoms with Crippen molar-refractivity contribution in [1.82, 2.24) is 0 Å². The summed E-state index contributed by atoms with van der Waals surface area (Å²) in [5, 5.41) is 9.57. The molecule has 1 N–H and O–H groups in total. The number of ether oxygens (including phenoxy) is 1. The van der Waals surface area contributed by atoms with Gasteiger partial charge >= 0.3 is 5.97 Å². The molecule has 1 aromatic rings. The molecule has 98 valence electrons. The fraction of sp³-hybridized carbons (Fsp3) is 0.500. The number of aromatic hydroxyl groups is 1. The van der Waals surface area contributed by atoms with Crippen molar-refractivity contribution in [3.63, 3.8) is 0 Å². The van der Waals surface area contributed by atoms with E-state index in [2.05, 4.69) is 22.6 Å². The lowest BCUT2D eigenvalue weighted by molar-refractivity contribution is -0.145. The minimum atomic E-state index is -0.157. The van der Waals surface area contributed by atoms with Crippen LogP contribution in [0.25, 0.3) is 0 Å². The van der Waals surface area contributed by atoms with Crippen LogP contribution in [0.3, 0.4) is 0 Å². The monoisotopic (exact) mass is 360 g/mol. The third-order valence-corrected chi connectivity index (χ3v) is 4.46. The van der Waals surface area contributed by atoms with Gasteiger partial charge in [0.05, 0.1) is 16.6 Å². The molecule has 1 fully saturated rings. The van der Waals surface area contributed by atoms with Crippen LogP contribution in [0, 0.1) is 15.4 Å². The summed E-state index contributed by atoms with van der Waals surface area (Å²) < 4.78 is 5.68. The van der Waals surface area contributed by atoms with Gasteiger partial charge in [0.25, 0.3) is 0 Å². The lowest BCUT2D eigenvalue weighted by Crippen LogP contribution is -2.22. The molecule has 0 bridgehead atoms. The van der Waals surface area contributed by atoms with E-state index in [0.717, 1.165) is 9.13 Å². The second-order valence-corrected chi connectivity index (χ2v) is 6.05. The Kier molecular flexibility index (Phi) is 4.14. The molecule has 1 aromatic carbocycles. The number of phenolic OH excluding ortho intramolecular Hbond substituents is 1. The average molecular weight is 360 g/mol.